The van der Waals surface area contributed by atoms with Gasteiger partial charge in [0.25, 0.3) is 0 Å². The molecular formula is C14H32N6. The van der Waals surface area contributed by atoms with Crippen molar-refractivity contribution in [2.24, 2.45) is 17.2 Å². The Labute approximate surface area is 123 Å². The molecule has 0 fully saturated rings. The number of hydrogen-bond acceptors (Lipinski definition) is 3. The highest BCUT2D eigenvalue weighted by Crippen LogP contribution is 2.26. The Bertz CT molecular complexity index is 298. The molecule has 0 amide bonds. The minimum atomic E-state index is -0.0838. The molecule has 0 aliphatic carbocycles. The topological polar surface area (TPSA) is 110 Å². The number of hydrazine groups is 1. The van der Waals surface area contributed by atoms with E-state index < -0.39 is 0 Å². The van der Waals surface area contributed by atoms with Gasteiger partial charge >= 0.3 is 0 Å². The number of unbranched alkanes of at least 4 members (excludes halogenated alkanes) is 3. The number of rotatable bonds is 9. The third-order valence-corrected chi connectivity index (χ3v) is 3.94. The third-order valence-electron chi connectivity index (χ3n) is 3.94. The van der Waals surface area contributed by atoms with E-state index in [4.69, 9.17) is 16.7 Å². The number of guanidine groups is 1. The van der Waals surface area contributed by atoms with Crippen molar-refractivity contribution in [1.82, 2.24) is 16.1 Å². The average molecular weight is 284 g/mol. The molecule has 0 aromatic rings. The Morgan fingerprint density at radius 3 is 1.95 bits per heavy atom. The van der Waals surface area contributed by atoms with Crippen LogP contribution in [0.15, 0.2) is 0 Å². The van der Waals surface area contributed by atoms with Gasteiger partial charge < -0.3 is 10.6 Å². The molecule has 0 atom stereocenters. The predicted octanol–water partition coefficient (Wildman–Crippen LogP) is 1.78. The van der Waals surface area contributed by atoms with Crippen LogP contribution in [-0.4, -0.2) is 24.9 Å². The van der Waals surface area contributed by atoms with Crippen molar-refractivity contribution in [3.63, 3.8) is 0 Å². The van der Waals surface area contributed by atoms with Crippen LogP contribution in [0.3, 0.4) is 0 Å². The Morgan fingerprint density at radius 1 is 1.00 bits per heavy atom. The van der Waals surface area contributed by atoms with Crippen LogP contribution >= 0.6 is 0 Å². The van der Waals surface area contributed by atoms with Gasteiger partial charge in [-0.1, -0.05) is 40.5 Å². The molecular weight excluding hydrogens is 252 g/mol. The average Bonchev–Trinajstić information content (AvgIpc) is 2.40. The second-order valence-corrected chi connectivity index (χ2v) is 6.04. The van der Waals surface area contributed by atoms with E-state index in [1.165, 1.54) is 0 Å². The van der Waals surface area contributed by atoms with Crippen LogP contribution in [0.25, 0.3) is 0 Å². The first-order chi connectivity index (χ1) is 9.32. The van der Waals surface area contributed by atoms with Crippen molar-refractivity contribution >= 4 is 11.8 Å². The molecule has 0 saturated carbocycles. The predicted molar refractivity (Wildman–Crippen MR) is 85.9 cm³/mol. The van der Waals surface area contributed by atoms with E-state index in [1.807, 2.05) is 0 Å². The zero-order valence-electron chi connectivity index (χ0n) is 13.4. The first-order valence-corrected chi connectivity index (χ1v) is 7.44. The summed E-state index contributed by atoms with van der Waals surface area (Å²) in [6.07, 6.45) is 4.35. The minimum Gasteiger partial charge on any atom is -0.374 e. The van der Waals surface area contributed by atoms with Crippen LogP contribution in [0.1, 0.15) is 53.4 Å². The second-order valence-electron chi connectivity index (χ2n) is 6.04. The van der Waals surface area contributed by atoms with E-state index in [-0.39, 0.29) is 11.4 Å². The van der Waals surface area contributed by atoms with Crippen LogP contribution < -0.4 is 21.9 Å². The largest absolute Gasteiger partial charge is 0.374 e. The van der Waals surface area contributed by atoms with E-state index in [9.17, 15) is 0 Å². The van der Waals surface area contributed by atoms with E-state index in [1.54, 1.807) is 0 Å². The molecule has 0 radical (unpaired) electrons. The maximum absolute atomic E-state index is 8.07. The van der Waals surface area contributed by atoms with Crippen LogP contribution in [0.2, 0.25) is 0 Å². The number of amidine groups is 1. The zero-order valence-corrected chi connectivity index (χ0v) is 13.4. The lowest BCUT2D eigenvalue weighted by molar-refractivity contribution is 0.352. The third kappa shape index (κ3) is 7.33. The lowest BCUT2D eigenvalue weighted by Crippen LogP contribution is -2.40. The molecule has 0 aliphatic rings. The monoisotopic (exact) mass is 284 g/mol. The van der Waals surface area contributed by atoms with Gasteiger partial charge in [0, 0.05) is 18.5 Å². The van der Waals surface area contributed by atoms with Gasteiger partial charge in [-0.15, -0.1) is 0 Å². The summed E-state index contributed by atoms with van der Waals surface area (Å²) in [6.45, 7) is 10.2. The Hall–Kier alpha value is -1.30. The molecule has 0 aliphatic heterocycles. The lowest BCUT2D eigenvalue weighted by atomic mass is 9.80. The fourth-order valence-corrected chi connectivity index (χ4v) is 1.60. The quantitative estimate of drug-likeness (QED) is 0.127. The van der Waals surface area contributed by atoms with E-state index in [0.717, 1.165) is 38.8 Å². The van der Waals surface area contributed by atoms with Gasteiger partial charge in [0.2, 0.25) is 5.96 Å². The van der Waals surface area contributed by atoms with Gasteiger partial charge in [-0.2, -0.15) is 0 Å². The molecule has 0 bridgehead atoms. The fourth-order valence-electron chi connectivity index (χ4n) is 1.60. The lowest BCUT2D eigenvalue weighted by Gasteiger charge is -2.30. The Morgan fingerprint density at radius 2 is 1.50 bits per heavy atom. The maximum Gasteiger partial charge on any atom is 0.202 e. The zero-order chi connectivity index (χ0) is 15.6. The molecule has 0 saturated heterocycles. The highest BCUT2D eigenvalue weighted by molar-refractivity contribution is 5.84. The normalized spacial score (nSPS) is 11.3. The van der Waals surface area contributed by atoms with Crippen LogP contribution in [0.4, 0.5) is 0 Å². The molecule has 0 rings (SSSR count). The summed E-state index contributed by atoms with van der Waals surface area (Å²) in [5.41, 5.74) is 2.17. The van der Waals surface area contributed by atoms with Crippen molar-refractivity contribution < 1.29 is 0 Å². The standard InChI is InChI=1S/C14H32N6/c1-11(2)14(3,4)12(15)18-9-7-5-6-8-10-19-13(16)20-17/h11H,5-10,17H2,1-4H3,(H2,15,18)(H3,16,19,20). The number of nitrogens with two attached hydrogens (primary N) is 1. The van der Waals surface area contributed by atoms with E-state index in [2.05, 4.69) is 43.8 Å². The second kappa shape index (κ2) is 9.58. The number of nitrogens with one attached hydrogen (secondary N) is 5. The van der Waals surface area contributed by atoms with Crippen LogP contribution in [0.5, 0.6) is 0 Å². The van der Waals surface area contributed by atoms with Gasteiger partial charge in [-0.25, -0.2) is 5.84 Å². The summed E-state index contributed by atoms with van der Waals surface area (Å²) >= 11 is 0. The van der Waals surface area contributed by atoms with E-state index >= 15 is 0 Å². The highest BCUT2D eigenvalue weighted by atomic mass is 15.3. The van der Waals surface area contributed by atoms with Gasteiger partial charge in [0.15, 0.2) is 0 Å². The highest BCUT2D eigenvalue weighted by Gasteiger charge is 2.27. The molecule has 0 heterocycles. The summed E-state index contributed by atoms with van der Waals surface area (Å²) in [6, 6.07) is 0. The van der Waals surface area contributed by atoms with Crippen LogP contribution in [0, 0.1) is 22.2 Å². The van der Waals surface area contributed by atoms with Crippen molar-refractivity contribution in [2.75, 3.05) is 13.1 Å². The SMILES string of the molecule is CC(C)C(C)(C)C(=N)NCCCCCCNC(=N)NN. The van der Waals surface area contributed by atoms with Crippen LogP contribution in [-0.2, 0) is 0 Å². The molecule has 6 nitrogen and oxygen atoms in total. The van der Waals surface area contributed by atoms with Crippen molar-refractivity contribution in [1.29, 1.82) is 10.8 Å². The summed E-state index contributed by atoms with van der Waals surface area (Å²) in [5, 5.41) is 21.4. The van der Waals surface area contributed by atoms with Crippen molar-refractivity contribution in [3.8, 4) is 0 Å². The van der Waals surface area contributed by atoms with Gasteiger partial charge in [0.1, 0.15) is 0 Å². The summed E-state index contributed by atoms with van der Waals surface area (Å²) in [7, 11) is 0. The van der Waals surface area contributed by atoms with E-state index in [0.29, 0.717) is 11.8 Å². The smallest absolute Gasteiger partial charge is 0.202 e. The first kappa shape index (κ1) is 18.7. The maximum atomic E-state index is 8.07. The molecule has 0 aromatic heterocycles. The number of hydrogen-bond donors (Lipinski definition) is 6. The minimum absolute atomic E-state index is 0.0838. The van der Waals surface area contributed by atoms with Gasteiger partial charge in [0.05, 0.1) is 5.84 Å². The summed E-state index contributed by atoms with van der Waals surface area (Å²) < 4.78 is 0. The fraction of sp³-hybridized carbons (Fsp3) is 0.857. The van der Waals surface area contributed by atoms with Crippen molar-refractivity contribution in [2.45, 2.75) is 53.4 Å². The molecule has 0 spiro atoms. The molecule has 7 N–H and O–H groups in total. The molecule has 20 heavy (non-hydrogen) atoms. The van der Waals surface area contributed by atoms with Gasteiger partial charge in [-0.05, 0) is 18.8 Å². The first-order valence-electron chi connectivity index (χ1n) is 7.44. The molecule has 118 valence electrons. The van der Waals surface area contributed by atoms with Gasteiger partial charge in [-0.3, -0.25) is 16.2 Å². The van der Waals surface area contributed by atoms with Crippen molar-refractivity contribution in [3.05, 3.63) is 0 Å². The Kier molecular flexibility index (Phi) is 8.96. The molecule has 0 unspecified atom stereocenters. The summed E-state index contributed by atoms with van der Waals surface area (Å²) in [4.78, 5) is 0. The summed E-state index contributed by atoms with van der Waals surface area (Å²) in [5.74, 6) is 6.33. The molecule has 6 heteroatoms. The molecule has 0 aromatic carbocycles. The Balaban J connectivity index is 3.54.